The average Bonchev–Trinajstić information content (AvgIpc) is 2.39. The largest absolute Gasteiger partial charge is 0.347 e. The van der Waals surface area contributed by atoms with Gasteiger partial charge >= 0.3 is 0 Å². The summed E-state index contributed by atoms with van der Waals surface area (Å²) in [5.74, 6) is 0.0722. The molecule has 1 fully saturated rings. The average molecular weight is 269 g/mol. The molecular formula is C14H27N3O2. The molecule has 1 saturated heterocycles. The standard InChI is InChI=1S/C14H27N3O2/c1-5-7-14(8-6-9-15-11-14)13(19)17(4)10-12(18)16(2)3/h15H,5-11H2,1-4H3. The van der Waals surface area contributed by atoms with Crippen LogP contribution in [0, 0.1) is 5.41 Å². The van der Waals surface area contributed by atoms with Crippen LogP contribution in [0.5, 0.6) is 0 Å². The van der Waals surface area contributed by atoms with Crippen molar-refractivity contribution >= 4 is 11.8 Å². The molecule has 0 spiro atoms. The molecule has 1 heterocycles. The van der Waals surface area contributed by atoms with Crippen LogP contribution in [0.4, 0.5) is 0 Å². The lowest BCUT2D eigenvalue weighted by Crippen LogP contribution is -2.52. The van der Waals surface area contributed by atoms with Gasteiger partial charge in [0.05, 0.1) is 12.0 Å². The van der Waals surface area contributed by atoms with Gasteiger partial charge in [0.1, 0.15) is 0 Å². The summed E-state index contributed by atoms with van der Waals surface area (Å²) in [6.45, 7) is 3.99. The predicted molar refractivity (Wildman–Crippen MR) is 75.8 cm³/mol. The first-order valence-electron chi connectivity index (χ1n) is 7.09. The number of nitrogens with zero attached hydrogens (tertiary/aromatic N) is 2. The van der Waals surface area contributed by atoms with Gasteiger partial charge in [-0.05, 0) is 25.8 Å². The summed E-state index contributed by atoms with van der Waals surface area (Å²) >= 11 is 0. The SMILES string of the molecule is CCCC1(C(=O)N(C)CC(=O)N(C)C)CCCNC1. The van der Waals surface area contributed by atoms with Gasteiger partial charge in [0, 0.05) is 27.7 Å². The van der Waals surface area contributed by atoms with E-state index in [2.05, 4.69) is 12.2 Å². The van der Waals surface area contributed by atoms with E-state index in [1.54, 1.807) is 26.0 Å². The first-order chi connectivity index (χ1) is 8.93. The Morgan fingerprint density at radius 2 is 1.95 bits per heavy atom. The molecule has 1 rings (SSSR count). The van der Waals surface area contributed by atoms with Crippen molar-refractivity contribution in [1.82, 2.24) is 15.1 Å². The van der Waals surface area contributed by atoms with Crippen LogP contribution in [0.3, 0.4) is 0 Å². The molecule has 19 heavy (non-hydrogen) atoms. The maximum atomic E-state index is 12.7. The van der Waals surface area contributed by atoms with E-state index in [1.165, 1.54) is 4.90 Å². The summed E-state index contributed by atoms with van der Waals surface area (Å²) in [5, 5.41) is 3.33. The predicted octanol–water partition coefficient (Wildman–Crippen LogP) is 0.703. The summed E-state index contributed by atoms with van der Waals surface area (Å²) in [6, 6.07) is 0. The van der Waals surface area contributed by atoms with Crippen molar-refractivity contribution in [2.24, 2.45) is 5.41 Å². The minimum Gasteiger partial charge on any atom is -0.347 e. The zero-order chi connectivity index (χ0) is 14.5. The van der Waals surface area contributed by atoms with E-state index in [0.29, 0.717) is 0 Å². The minimum absolute atomic E-state index is 0.0359. The Balaban J connectivity index is 2.73. The van der Waals surface area contributed by atoms with E-state index in [1.807, 2.05) is 0 Å². The maximum absolute atomic E-state index is 12.7. The molecule has 5 nitrogen and oxygen atoms in total. The van der Waals surface area contributed by atoms with Crippen molar-refractivity contribution in [3.63, 3.8) is 0 Å². The van der Waals surface area contributed by atoms with Crippen molar-refractivity contribution in [2.45, 2.75) is 32.6 Å². The molecule has 0 saturated carbocycles. The highest BCUT2D eigenvalue weighted by Crippen LogP contribution is 2.33. The van der Waals surface area contributed by atoms with E-state index in [-0.39, 0.29) is 23.8 Å². The van der Waals surface area contributed by atoms with Gasteiger partial charge in [-0.2, -0.15) is 0 Å². The van der Waals surface area contributed by atoms with Gasteiger partial charge in [0.2, 0.25) is 11.8 Å². The third kappa shape index (κ3) is 3.93. The molecule has 0 aromatic carbocycles. The fourth-order valence-electron chi connectivity index (χ4n) is 2.77. The molecule has 1 aliphatic heterocycles. The Kier molecular flexibility index (Phi) is 5.79. The van der Waals surface area contributed by atoms with Gasteiger partial charge in [-0.15, -0.1) is 0 Å². The van der Waals surface area contributed by atoms with Gasteiger partial charge in [-0.3, -0.25) is 9.59 Å². The number of carbonyl (C=O) groups excluding carboxylic acids is 2. The topological polar surface area (TPSA) is 52.7 Å². The number of likely N-dealkylation sites (N-methyl/N-ethyl adjacent to an activating group) is 2. The Hall–Kier alpha value is -1.10. The van der Waals surface area contributed by atoms with Crippen molar-refractivity contribution < 1.29 is 9.59 Å². The van der Waals surface area contributed by atoms with Gasteiger partial charge < -0.3 is 15.1 Å². The fraction of sp³-hybridized carbons (Fsp3) is 0.857. The highest BCUT2D eigenvalue weighted by atomic mass is 16.2. The third-order valence-corrected chi connectivity index (χ3v) is 3.87. The minimum atomic E-state index is -0.311. The summed E-state index contributed by atoms with van der Waals surface area (Å²) < 4.78 is 0. The van der Waals surface area contributed by atoms with Crippen LogP contribution in [-0.2, 0) is 9.59 Å². The number of amides is 2. The fourth-order valence-corrected chi connectivity index (χ4v) is 2.77. The normalized spacial score (nSPS) is 22.9. The van der Waals surface area contributed by atoms with E-state index in [9.17, 15) is 9.59 Å². The smallest absolute Gasteiger partial charge is 0.241 e. The Morgan fingerprint density at radius 1 is 1.26 bits per heavy atom. The number of hydrogen-bond acceptors (Lipinski definition) is 3. The Bertz CT molecular complexity index is 317. The van der Waals surface area contributed by atoms with E-state index >= 15 is 0 Å². The van der Waals surface area contributed by atoms with Gasteiger partial charge in [-0.25, -0.2) is 0 Å². The number of piperidine rings is 1. The zero-order valence-corrected chi connectivity index (χ0v) is 12.7. The molecular weight excluding hydrogens is 242 g/mol. The molecule has 1 aliphatic rings. The molecule has 0 aliphatic carbocycles. The number of nitrogens with one attached hydrogen (secondary N) is 1. The molecule has 1 unspecified atom stereocenters. The molecule has 1 N–H and O–H groups in total. The summed E-state index contributed by atoms with van der Waals surface area (Å²) in [4.78, 5) is 27.5. The van der Waals surface area contributed by atoms with E-state index in [0.717, 1.165) is 38.8 Å². The first kappa shape index (κ1) is 16.0. The molecule has 110 valence electrons. The zero-order valence-electron chi connectivity index (χ0n) is 12.7. The lowest BCUT2D eigenvalue weighted by Gasteiger charge is -2.39. The van der Waals surface area contributed by atoms with Crippen LogP contribution in [0.2, 0.25) is 0 Å². The van der Waals surface area contributed by atoms with Crippen LogP contribution in [0.1, 0.15) is 32.6 Å². The second kappa shape index (κ2) is 6.89. The number of hydrogen-bond donors (Lipinski definition) is 1. The molecule has 2 amide bonds. The first-order valence-corrected chi connectivity index (χ1v) is 7.09. The maximum Gasteiger partial charge on any atom is 0.241 e. The molecule has 0 aromatic rings. The highest BCUT2D eigenvalue weighted by molar-refractivity contribution is 5.88. The van der Waals surface area contributed by atoms with Crippen LogP contribution >= 0.6 is 0 Å². The van der Waals surface area contributed by atoms with E-state index in [4.69, 9.17) is 0 Å². The van der Waals surface area contributed by atoms with E-state index < -0.39 is 0 Å². The van der Waals surface area contributed by atoms with Crippen molar-refractivity contribution in [3.8, 4) is 0 Å². The summed E-state index contributed by atoms with van der Waals surface area (Å²) in [5.41, 5.74) is -0.311. The summed E-state index contributed by atoms with van der Waals surface area (Å²) in [7, 11) is 5.16. The summed E-state index contributed by atoms with van der Waals surface area (Å²) in [6.07, 6.45) is 3.83. The molecule has 0 radical (unpaired) electrons. The number of carbonyl (C=O) groups is 2. The number of rotatable bonds is 5. The Labute approximate surface area is 116 Å². The molecule has 1 atom stereocenters. The highest BCUT2D eigenvalue weighted by Gasteiger charge is 2.40. The van der Waals surface area contributed by atoms with Gasteiger partial charge in [0.15, 0.2) is 0 Å². The quantitative estimate of drug-likeness (QED) is 0.799. The Morgan fingerprint density at radius 3 is 2.42 bits per heavy atom. The van der Waals surface area contributed by atoms with Crippen molar-refractivity contribution in [3.05, 3.63) is 0 Å². The molecule has 0 bridgehead atoms. The van der Waals surface area contributed by atoms with Crippen LogP contribution in [0.25, 0.3) is 0 Å². The second-order valence-electron chi connectivity index (χ2n) is 5.76. The molecule has 5 heteroatoms. The van der Waals surface area contributed by atoms with Gasteiger partial charge in [-0.1, -0.05) is 13.3 Å². The van der Waals surface area contributed by atoms with Crippen molar-refractivity contribution in [1.29, 1.82) is 0 Å². The van der Waals surface area contributed by atoms with Crippen molar-refractivity contribution in [2.75, 3.05) is 40.8 Å². The van der Waals surface area contributed by atoms with Crippen LogP contribution in [-0.4, -0.2) is 62.4 Å². The van der Waals surface area contributed by atoms with Gasteiger partial charge in [0.25, 0.3) is 0 Å². The second-order valence-corrected chi connectivity index (χ2v) is 5.76. The van der Waals surface area contributed by atoms with Crippen LogP contribution < -0.4 is 5.32 Å². The third-order valence-electron chi connectivity index (χ3n) is 3.87. The molecule has 0 aromatic heterocycles. The monoisotopic (exact) mass is 269 g/mol. The lowest BCUT2D eigenvalue weighted by atomic mass is 9.76. The lowest BCUT2D eigenvalue weighted by molar-refractivity contribution is -0.146. The van der Waals surface area contributed by atoms with Crippen LogP contribution in [0.15, 0.2) is 0 Å².